The molecule has 8 rings (SSSR count). The van der Waals surface area contributed by atoms with Crippen LogP contribution in [0.3, 0.4) is 0 Å². The van der Waals surface area contributed by atoms with Gasteiger partial charge in [-0.1, -0.05) is 0 Å². The number of carbonyl (C=O) groups excluding carboxylic acids is 2. The minimum Gasteiger partial charge on any atom is -0.477 e. The zero-order valence-corrected chi connectivity index (χ0v) is 26.2. The standard InChI is InChI=1S/C33H38FN3O10/c1-43-30(41)21-11-18-12-24(21)33(15-18)45-32(46-47-33)6-2-3-20(16-32)44-31(42)36-9-7-35(8-10-36)27-14-26-22(13-25(27)34)28(38)23(29(39)40)17-37(26)19-4-5-19/h13-14,17-21,24H,2-12,15-16H2,1H3,(H,39,40)/t18?,20-,21?,24?,32-,33?/m1/s1. The molecule has 13 nitrogen and oxygen atoms in total. The average Bonchev–Trinajstić information content (AvgIpc) is 3.61. The highest BCUT2D eigenvalue weighted by Gasteiger charge is 2.67. The van der Waals surface area contributed by atoms with Gasteiger partial charge in [-0.25, -0.2) is 14.0 Å². The highest BCUT2D eigenvalue weighted by Crippen LogP contribution is 2.61. The van der Waals surface area contributed by atoms with Crippen molar-refractivity contribution in [1.29, 1.82) is 0 Å². The predicted molar refractivity (Wildman–Crippen MR) is 161 cm³/mol. The Morgan fingerprint density at radius 1 is 1.04 bits per heavy atom. The number of hydrogen-bond donors (Lipinski definition) is 1. The number of methoxy groups -OCH3 is 1. The molecule has 4 aliphatic carbocycles. The highest BCUT2D eigenvalue weighted by molar-refractivity contribution is 5.93. The zero-order valence-electron chi connectivity index (χ0n) is 26.2. The summed E-state index contributed by atoms with van der Waals surface area (Å²) in [6.45, 7) is 1.30. The highest BCUT2D eigenvalue weighted by atomic mass is 19.1. The van der Waals surface area contributed by atoms with Gasteiger partial charge in [0.1, 0.15) is 17.5 Å². The molecule has 14 heteroatoms. The van der Waals surface area contributed by atoms with E-state index in [-0.39, 0.29) is 34.8 Å². The summed E-state index contributed by atoms with van der Waals surface area (Å²) in [5.41, 5.74) is -0.275. The third kappa shape index (κ3) is 5.15. The first kappa shape index (κ1) is 30.6. The SMILES string of the molecule is COC(=O)C1CC2CC1C1(C2)OO[C@@]2(CCC[C@@H](OC(=O)N3CCN(c4cc5c(cc4F)c(=O)c(C(=O)O)cn5C4CC4)CC3)C2)O1. The maximum Gasteiger partial charge on any atom is 0.410 e. The molecule has 6 aliphatic rings. The number of aromatic carboxylic acids is 1. The van der Waals surface area contributed by atoms with Crippen LogP contribution in [0.5, 0.6) is 0 Å². The monoisotopic (exact) mass is 655 g/mol. The molecule has 1 aromatic carbocycles. The number of anilines is 1. The Balaban J connectivity index is 0.912. The number of benzene rings is 1. The average molecular weight is 656 g/mol. The number of halogens is 1. The summed E-state index contributed by atoms with van der Waals surface area (Å²) < 4.78 is 34.7. The summed E-state index contributed by atoms with van der Waals surface area (Å²) in [7, 11) is 1.39. The van der Waals surface area contributed by atoms with Gasteiger partial charge >= 0.3 is 18.0 Å². The molecule has 2 saturated heterocycles. The van der Waals surface area contributed by atoms with E-state index >= 15 is 4.39 Å². The fraction of sp³-hybridized carbons (Fsp3) is 0.636. The van der Waals surface area contributed by atoms with Crippen molar-refractivity contribution in [2.45, 2.75) is 81.5 Å². The van der Waals surface area contributed by atoms with Crippen LogP contribution in [0.2, 0.25) is 0 Å². The molecule has 4 unspecified atom stereocenters. The number of ether oxygens (including phenoxy) is 3. The first-order valence-electron chi connectivity index (χ1n) is 16.6. The molecule has 4 saturated carbocycles. The van der Waals surface area contributed by atoms with E-state index in [0.717, 1.165) is 31.7 Å². The largest absolute Gasteiger partial charge is 0.477 e. The maximum atomic E-state index is 15.4. The molecule has 1 amide bonds. The van der Waals surface area contributed by atoms with Crippen LogP contribution < -0.4 is 10.3 Å². The third-order valence-electron chi connectivity index (χ3n) is 11.0. The lowest BCUT2D eigenvalue weighted by Crippen LogP contribution is -2.51. The molecular formula is C33H38FN3O10. The smallest absolute Gasteiger partial charge is 0.410 e. The lowest BCUT2D eigenvalue weighted by Gasteiger charge is -2.39. The van der Waals surface area contributed by atoms with Gasteiger partial charge in [0.25, 0.3) is 0 Å². The Morgan fingerprint density at radius 3 is 2.53 bits per heavy atom. The number of pyridine rings is 1. The van der Waals surface area contributed by atoms with Crippen LogP contribution in [-0.4, -0.2) is 83.6 Å². The number of carbonyl (C=O) groups is 3. The second kappa shape index (κ2) is 11.2. The zero-order chi connectivity index (χ0) is 32.7. The number of rotatable bonds is 5. The predicted octanol–water partition coefficient (Wildman–Crippen LogP) is 3.97. The van der Waals surface area contributed by atoms with Crippen molar-refractivity contribution < 1.29 is 47.9 Å². The normalized spacial score (nSPS) is 33.2. The number of hydrogen-bond acceptors (Lipinski definition) is 10. The van der Waals surface area contributed by atoms with Crippen LogP contribution in [0.15, 0.2) is 23.1 Å². The Hall–Kier alpha value is -3.75. The van der Waals surface area contributed by atoms with Gasteiger partial charge in [0, 0.05) is 69.0 Å². The van der Waals surface area contributed by atoms with Crippen molar-refractivity contribution in [2.75, 3.05) is 38.2 Å². The number of carboxylic acids is 1. The topological polar surface area (TPSA) is 146 Å². The van der Waals surface area contributed by atoms with Gasteiger partial charge < -0.3 is 33.7 Å². The van der Waals surface area contributed by atoms with Gasteiger partial charge in [-0.2, -0.15) is 9.78 Å². The number of piperazine rings is 1. The van der Waals surface area contributed by atoms with Crippen LogP contribution >= 0.6 is 0 Å². The van der Waals surface area contributed by atoms with Gasteiger partial charge in [-0.3, -0.25) is 9.59 Å². The summed E-state index contributed by atoms with van der Waals surface area (Å²) in [5, 5.41) is 9.56. The van der Waals surface area contributed by atoms with E-state index in [1.54, 1.807) is 15.5 Å². The van der Waals surface area contributed by atoms with E-state index in [9.17, 15) is 24.3 Å². The van der Waals surface area contributed by atoms with E-state index in [0.29, 0.717) is 75.4 Å². The minimum absolute atomic E-state index is 0.0424. The minimum atomic E-state index is -1.34. The molecule has 6 fully saturated rings. The lowest BCUT2D eigenvalue weighted by molar-refractivity contribution is -0.365. The number of esters is 1. The molecule has 6 atom stereocenters. The second-order valence-electron chi connectivity index (χ2n) is 14.0. The van der Waals surface area contributed by atoms with Gasteiger partial charge in [-0.05, 0) is 56.6 Å². The van der Waals surface area contributed by atoms with E-state index in [4.69, 9.17) is 24.0 Å². The van der Waals surface area contributed by atoms with Crippen LogP contribution in [0, 0.1) is 23.6 Å². The molecule has 0 radical (unpaired) electrons. The fourth-order valence-electron chi connectivity index (χ4n) is 8.64. The Morgan fingerprint density at radius 2 is 1.83 bits per heavy atom. The van der Waals surface area contributed by atoms with Crippen LogP contribution in [0.1, 0.15) is 74.2 Å². The van der Waals surface area contributed by atoms with E-state index < -0.39 is 41.0 Å². The summed E-state index contributed by atoms with van der Waals surface area (Å²) in [5.74, 6) is -4.38. The quantitative estimate of drug-likeness (QED) is 0.369. The molecule has 1 aromatic heterocycles. The van der Waals surface area contributed by atoms with Crippen molar-refractivity contribution in [3.8, 4) is 0 Å². The van der Waals surface area contributed by atoms with Crippen molar-refractivity contribution in [1.82, 2.24) is 9.47 Å². The van der Waals surface area contributed by atoms with Crippen LogP contribution in [0.4, 0.5) is 14.9 Å². The van der Waals surface area contributed by atoms with Gasteiger partial charge in [-0.15, -0.1) is 0 Å². The van der Waals surface area contributed by atoms with Crippen LogP contribution in [-0.2, 0) is 28.8 Å². The van der Waals surface area contributed by atoms with E-state index in [1.807, 2.05) is 4.90 Å². The molecule has 2 bridgehead atoms. The molecular weight excluding hydrogens is 617 g/mol. The molecule has 252 valence electrons. The Bertz CT molecular complexity index is 1700. The lowest BCUT2D eigenvalue weighted by atomic mass is 9.83. The Labute approximate surface area is 269 Å². The maximum absolute atomic E-state index is 15.4. The first-order chi connectivity index (χ1) is 22.6. The number of aromatic nitrogens is 1. The van der Waals surface area contributed by atoms with E-state index in [1.165, 1.54) is 13.3 Å². The molecule has 2 spiro atoms. The number of nitrogens with zero attached hydrogens (tertiary/aromatic N) is 3. The number of fused-ring (bicyclic) bond motifs is 4. The third-order valence-corrected chi connectivity index (χ3v) is 11.0. The van der Waals surface area contributed by atoms with Crippen molar-refractivity contribution in [3.63, 3.8) is 0 Å². The van der Waals surface area contributed by atoms with E-state index in [2.05, 4.69) is 0 Å². The molecule has 1 N–H and O–H groups in total. The van der Waals surface area contributed by atoms with Crippen molar-refractivity contribution >= 4 is 34.6 Å². The molecule has 47 heavy (non-hydrogen) atoms. The second-order valence-corrected chi connectivity index (χ2v) is 14.0. The summed E-state index contributed by atoms with van der Waals surface area (Å²) in [6.07, 6.45) is 6.66. The molecule has 2 aliphatic heterocycles. The molecule has 2 aromatic rings. The summed E-state index contributed by atoms with van der Waals surface area (Å²) in [6, 6.07) is 2.82. The van der Waals surface area contributed by atoms with Crippen molar-refractivity contribution in [2.24, 2.45) is 17.8 Å². The van der Waals surface area contributed by atoms with Gasteiger partial charge in [0.2, 0.25) is 17.0 Å². The number of carboxylic acid groups (broad SMARTS) is 1. The summed E-state index contributed by atoms with van der Waals surface area (Å²) in [4.78, 5) is 65.4. The summed E-state index contributed by atoms with van der Waals surface area (Å²) >= 11 is 0. The fourth-order valence-corrected chi connectivity index (χ4v) is 8.64. The van der Waals surface area contributed by atoms with Crippen molar-refractivity contribution in [3.05, 3.63) is 39.9 Å². The van der Waals surface area contributed by atoms with Gasteiger partial charge in [0.15, 0.2) is 0 Å². The number of amides is 1. The van der Waals surface area contributed by atoms with Gasteiger partial charge in [0.05, 0.1) is 24.2 Å². The molecule has 3 heterocycles. The van der Waals surface area contributed by atoms with Crippen LogP contribution in [0.25, 0.3) is 10.9 Å². The first-order valence-corrected chi connectivity index (χ1v) is 16.6. The Kier molecular flexibility index (Phi) is 7.26.